The van der Waals surface area contributed by atoms with Gasteiger partial charge in [-0.15, -0.1) is 0 Å². The normalized spacial score (nSPS) is 11.9. The molecule has 0 fully saturated rings. The predicted octanol–water partition coefficient (Wildman–Crippen LogP) is 4.02. The fourth-order valence-electron chi connectivity index (χ4n) is 2.03. The molecule has 1 atom stereocenters. The number of hydrogen-bond acceptors (Lipinski definition) is 2. The van der Waals surface area contributed by atoms with E-state index in [9.17, 15) is 14.0 Å². The molecule has 1 aromatic rings. The van der Waals surface area contributed by atoms with Gasteiger partial charge in [-0.3, -0.25) is 4.79 Å². The van der Waals surface area contributed by atoms with Gasteiger partial charge < -0.3 is 10.4 Å². The predicted molar refractivity (Wildman–Crippen MR) is 80.3 cm³/mol. The monoisotopic (exact) mass is 295 g/mol. The number of halogens is 1. The van der Waals surface area contributed by atoms with E-state index >= 15 is 0 Å². The fraction of sp³-hybridized carbons (Fsp3) is 0.500. The molecule has 0 aromatic heterocycles. The number of nitrogens with one attached hydrogen (secondary N) is 1. The van der Waals surface area contributed by atoms with Gasteiger partial charge in [-0.1, -0.05) is 19.8 Å². The summed E-state index contributed by atoms with van der Waals surface area (Å²) in [4.78, 5) is 22.4. The molecule has 0 spiro atoms. The molecule has 21 heavy (non-hydrogen) atoms. The van der Waals surface area contributed by atoms with Crippen molar-refractivity contribution in [2.45, 2.75) is 51.6 Å². The number of hydrogen-bond donors (Lipinski definition) is 2. The summed E-state index contributed by atoms with van der Waals surface area (Å²) in [5, 5.41) is 11.5. The smallest absolute Gasteiger partial charge is 0.335 e. The van der Waals surface area contributed by atoms with Crippen LogP contribution in [0.2, 0.25) is 0 Å². The van der Waals surface area contributed by atoms with Crippen LogP contribution in [0.15, 0.2) is 24.3 Å². The van der Waals surface area contributed by atoms with Crippen LogP contribution in [0.4, 0.5) is 10.1 Å². The SMILES string of the molecule is CCCC(F)CCCCC(=O)Nc1ccc(C(=O)O)cc1. The zero-order chi connectivity index (χ0) is 15.7. The summed E-state index contributed by atoms with van der Waals surface area (Å²) in [5.41, 5.74) is 0.747. The fourth-order valence-corrected chi connectivity index (χ4v) is 2.03. The van der Waals surface area contributed by atoms with Crippen LogP contribution in [0, 0.1) is 0 Å². The third-order valence-electron chi connectivity index (χ3n) is 3.19. The Balaban J connectivity index is 2.26. The number of carbonyl (C=O) groups is 2. The second-order valence-electron chi connectivity index (χ2n) is 5.06. The number of rotatable bonds is 9. The summed E-state index contributed by atoms with van der Waals surface area (Å²) in [5.74, 6) is -1.13. The average molecular weight is 295 g/mol. The molecular formula is C16H22FNO3. The lowest BCUT2D eigenvalue weighted by molar-refractivity contribution is -0.116. The van der Waals surface area contributed by atoms with Crippen molar-refractivity contribution in [3.8, 4) is 0 Å². The Morgan fingerprint density at radius 1 is 1.19 bits per heavy atom. The summed E-state index contributed by atoms with van der Waals surface area (Å²) in [6.07, 6.45) is 2.88. The number of amides is 1. The van der Waals surface area contributed by atoms with Crippen LogP contribution in [0.1, 0.15) is 55.8 Å². The third kappa shape index (κ3) is 6.88. The highest BCUT2D eigenvalue weighted by atomic mass is 19.1. The Hall–Kier alpha value is -1.91. The molecule has 0 aliphatic rings. The van der Waals surface area contributed by atoms with Crippen molar-refractivity contribution < 1.29 is 19.1 Å². The van der Waals surface area contributed by atoms with E-state index in [-0.39, 0.29) is 11.5 Å². The van der Waals surface area contributed by atoms with Gasteiger partial charge in [0.2, 0.25) is 5.91 Å². The first-order valence-electron chi connectivity index (χ1n) is 7.30. The van der Waals surface area contributed by atoms with Crippen molar-refractivity contribution in [3.63, 3.8) is 0 Å². The maximum absolute atomic E-state index is 13.2. The second kappa shape index (κ2) is 9.10. The number of aromatic carboxylic acids is 1. The van der Waals surface area contributed by atoms with Crippen LogP contribution < -0.4 is 5.32 Å². The van der Waals surface area contributed by atoms with Crippen LogP contribution in [0.5, 0.6) is 0 Å². The highest BCUT2D eigenvalue weighted by Crippen LogP contribution is 2.13. The summed E-state index contributed by atoms with van der Waals surface area (Å²) in [6.45, 7) is 1.95. The zero-order valence-corrected chi connectivity index (χ0v) is 12.3. The Morgan fingerprint density at radius 2 is 1.86 bits per heavy atom. The zero-order valence-electron chi connectivity index (χ0n) is 12.3. The lowest BCUT2D eigenvalue weighted by Gasteiger charge is -2.07. The minimum absolute atomic E-state index is 0.135. The lowest BCUT2D eigenvalue weighted by Crippen LogP contribution is -2.11. The number of unbranched alkanes of at least 4 members (excludes halogenated alkanes) is 1. The average Bonchev–Trinajstić information content (AvgIpc) is 2.44. The molecule has 0 aliphatic carbocycles. The minimum atomic E-state index is -0.999. The molecule has 0 bridgehead atoms. The van der Waals surface area contributed by atoms with E-state index < -0.39 is 12.1 Å². The van der Waals surface area contributed by atoms with Crippen molar-refractivity contribution in [1.29, 1.82) is 0 Å². The molecule has 0 radical (unpaired) electrons. The highest BCUT2D eigenvalue weighted by molar-refractivity contribution is 5.92. The lowest BCUT2D eigenvalue weighted by atomic mass is 10.1. The Morgan fingerprint density at radius 3 is 2.43 bits per heavy atom. The molecule has 0 aliphatic heterocycles. The molecule has 1 rings (SSSR count). The highest BCUT2D eigenvalue weighted by Gasteiger charge is 2.07. The van der Waals surface area contributed by atoms with Gasteiger partial charge in [0, 0.05) is 12.1 Å². The van der Waals surface area contributed by atoms with Gasteiger partial charge in [-0.05, 0) is 43.5 Å². The Labute approximate surface area is 124 Å². The van der Waals surface area contributed by atoms with Crippen LogP contribution >= 0.6 is 0 Å². The number of carboxylic acids is 1. The first-order chi connectivity index (χ1) is 10.0. The number of benzene rings is 1. The molecule has 0 saturated heterocycles. The van der Waals surface area contributed by atoms with Gasteiger partial charge in [0.15, 0.2) is 0 Å². The van der Waals surface area contributed by atoms with Crippen LogP contribution in [-0.2, 0) is 4.79 Å². The first kappa shape index (κ1) is 17.1. The molecule has 1 aromatic carbocycles. The van der Waals surface area contributed by atoms with Crippen molar-refractivity contribution >= 4 is 17.6 Å². The summed E-state index contributed by atoms with van der Waals surface area (Å²) in [6, 6.07) is 5.99. The number of alkyl halides is 1. The molecule has 5 heteroatoms. The van der Waals surface area contributed by atoms with Gasteiger partial charge in [0.1, 0.15) is 6.17 Å². The van der Waals surface area contributed by atoms with E-state index in [0.29, 0.717) is 37.8 Å². The summed E-state index contributed by atoms with van der Waals surface area (Å²) >= 11 is 0. The van der Waals surface area contributed by atoms with Gasteiger partial charge in [-0.25, -0.2) is 9.18 Å². The molecule has 0 heterocycles. The third-order valence-corrected chi connectivity index (χ3v) is 3.19. The molecule has 1 amide bonds. The summed E-state index contributed by atoms with van der Waals surface area (Å²) in [7, 11) is 0. The number of carboxylic acid groups (broad SMARTS) is 1. The van der Waals surface area contributed by atoms with Gasteiger partial charge >= 0.3 is 5.97 Å². The van der Waals surface area contributed by atoms with Crippen molar-refractivity contribution in [2.24, 2.45) is 0 Å². The maximum Gasteiger partial charge on any atom is 0.335 e. The van der Waals surface area contributed by atoms with E-state index in [0.717, 1.165) is 6.42 Å². The quantitative estimate of drug-likeness (QED) is 0.676. The van der Waals surface area contributed by atoms with Gasteiger partial charge in [0.25, 0.3) is 0 Å². The Kier molecular flexibility index (Phi) is 7.43. The van der Waals surface area contributed by atoms with E-state index in [1.807, 2.05) is 6.92 Å². The molecule has 1 unspecified atom stereocenters. The van der Waals surface area contributed by atoms with Crippen LogP contribution in [0.3, 0.4) is 0 Å². The van der Waals surface area contributed by atoms with Crippen LogP contribution in [-0.4, -0.2) is 23.2 Å². The van der Waals surface area contributed by atoms with E-state index in [1.54, 1.807) is 12.1 Å². The minimum Gasteiger partial charge on any atom is -0.478 e. The first-order valence-corrected chi connectivity index (χ1v) is 7.30. The van der Waals surface area contributed by atoms with E-state index in [4.69, 9.17) is 5.11 Å². The molecular weight excluding hydrogens is 273 g/mol. The van der Waals surface area contributed by atoms with E-state index in [2.05, 4.69) is 5.32 Å². The van der Waals surface area contributed by atoms with Gasteiger partial charge in [0.05, 0.1) is 5.56 Å². The van der Waals surface area contributed by atoms with Crippen LogP contribution in [0.25, 0.3) is 0 Å². The largest absolute Gasteiger partial charge is 0.478 e. The summed E-state index contributed by atoms with van der Waals surface area (Å²) < 4.78 is 13.2. The number of carbonyl (C=O) groups excluding carboxylic acids is 1. The van der Waals surface area contributed by atoms with E-state index in [1.165, 1.54) is 12.1 Å². The van der Waals surface area contributed by atoms with Crippen molar-refractivity contribution in [3.05, 3.63) is 29.8 Å². The molecule has 116 valence electrons. The Bertz CT molecular complexity index is 459. The molecule has 0 saturated carbocycles. The molecule has 2 N–H and O–H groups in total. The topological polar surface area (TPSA) is 66.4 Å². The van der Waals surface area contributed by atoms with Crippen molar-refractivity contribution in [2.75, 3.05) is 5.32 Å². The van der Waals surface area contributed by atoms with Crippen molar-refractivity contribution in [1.82, 2.24) is 0 Å². The van der Waals surface area contributed by atoms with Gasteiger partial charge in [-0.2, -0.15) is 0 Å². The number of anilines is 1. The second-order valence-corrected chi connectivity index (χ2v) is 5.06. The standard InChI is InChI=1S/C16H22FNO3/c1-2-5-13(17)6-3-4-7-15(19)18-14-10-8-12(9-11-14)16(20)21/h8-11,13H,2-7H2,1H3,(H,18,19)(H,20,21). The maximum atomic E-state index is 13.2. The molecule has 4 nitrogen and oxygen atoms in total.